The highest BCUT2D eigenvalue weighted by molar-refractivity contribution is 9.10. The number of carbonyl (C=O) groups excluding carboxylic acids is 1. The summed E-state index contributed by atoms with van der Waals surface area (Å²) in [6.07, 6.45) is 0. The van der Waals surface area contributed by atoms with E-state index >= 15 is 0 Å². The zero-order valence-electron chi connectivity index (χ0n) is 10.3. The SMILES string of the molecule is Cc1csc(C(=O)O)c1NC(=O)c1ccc(Br)c(O)c1. The highest BCUT2D eigenvalue weighted by Crippen LogP contribution is 2.29. The number of phenolic OH excluding ortho intramolecular Hbond substituents is 1. The number of aryl methyl sites for hydroxylation is 1. The van der Waals surface area contributed by atoms with E-state index in [9.17, 15) is 14.7 Å². The van der Waals surface area contributed by atoms with E-state index in [1.807, 2.05) is 0 Å². The summed E-state index contributed by atoms with van der Waals surface area (Å²) in [5.41, 5.74) is 1.21. The normalized spacial score (nSPS) is 10.3. The summed E-state index contributed by atoms with van der Waals surface area (Å²) < 4.78 is 0.479. The number of carbonyl (C=O) groups is 2. The van der Waals surface area contributed by atoms with Crippen molar-refractivity contribution in [1.29, 1.82) is 0 Å². The molecule has 0 saturated heterocycles. The lowest BCUT2D eigenvalue weighted by molar-refractivity contribution is 0.0703. The Morgan fingerprint density at radius 1 is 1.35 bits per heavy atom. The number of rotatable bonds is 3. The molecule has 0 saturated carbocycles. The van der Waals surface area contributed by atoms with Crippen LogP contribution in [0.15, 0.2) is 28.1 Å². The number of anilines is 1. The fourth-order valence-electron chi connectivity index (χ4n) is 1.60. The number of aromatic carboxylic acids is 1. The van der Waals surface area contributed by atoms with Crippen molar-refractivity contribution in [2.24, 2.45) is 0 Å². The number of carboxylic acid groups (broad SMARTS) is 1. The lowest BCUT2D eigenvalue weighted by atomic mass is 10.2. The highest BCUT2D eigenvalue weighted by atomic mass is 79.9. The Balaban J connectivity index is 2.30. The van der Waals surface area contributed by atoms with Gasteiger partial charge in [-0.25, -0.2) is 4.79 Å². The van der Waals surface area contributed by atoms with Crippen LogP contribution in [-0.4, -0.2) is 22.1 Å². The van der Waals surface area contributed by atoms with Crippen molar-refractivity contribution in [3.05, 3.63) is 44.1 Å². The van der Waals surface area contributed by atoms with E-state index in [-0.39, 0.29) is 21.9 Å². The Bertz CT molecular complexity index is 696. The standard InChI is InChI=1S/C13H10BrNO4S/c1-6-5-20-11(13(18)19)10(6)15-12(17)7-2-3-8(14)9(16)4-7/h2-5,16H,1H3,(H,15,17)(H,18,19). The summed E-state index contributed by atoms with van der Waals surface area (Å²) in [5.74, 6) is -1.62. The molecule has 1 aromatic carbocycles. The Morgan fingerprint density at radius 3 is 2.65 bits per heavy atom. The van der Waals surface area contributed by atoms with Crippen LogP contribution in [0.25, 0.3) is 0 Å². The Kier molecular flexibility index (Phi) is 4.10. The van der Waals surface area contributed by atoms with Crippen LogP contribution in [0.5, 0.6) is 5.75 Å². The van der Waals surface area contributed by atoms with Gasteiger partial charge in [-0.3, -0.25) is 4.79 Å². The van der Waals surface area contributed by atoms with Gasteiger partial charge >= 0.3 is 5.97 Å². The first-order chi connectivity index (χ1) is 9.40. The van der Waals surface area contributed by atoms with E-state index in [0.717, 1.165) is 11.3 Å². The zero-order valence-corrected chi connectivity index (χ0v) is 12.7. The topological polar surface area (TPSA) is 86.6 Å². The van der Waals surface area contributed by atoms with Crippen molar-refractivity contribution < 1.29 is 19.8 Å². The molecule has 0 aliphatic heterocycles. The number of hydrogen-bond donors (Lipinski definition) is 3. The van der Waals surface area contributed by atoms with Crippen molar-refractivity contribution in [3.8, 4) is 5.75 Å². The Hall–Kier alpha value is -1.86. The maximum absolute atomic E-state index is 12.1. The number of phenols is 1. The lowest BCUT2D eigenvalue weighted by Gasteiger charge is -2.07. The average Bonchev–Trinajstić information content (AvgIpc) is 2.74. The van der Waals surface area contributed by atoms with Crippen molar-refractivity contribution in [2.75, 3.05) is 5.32 Å². The van der Waals surface area contributed by atoms with E-state index in [1.54, 1.807) is 18.4 Å². The predicted molar refractivity (Wildman–Crippen MR) is 79.8 cm³/mol. The fourth-order valence-corrected chi connectivity index (χ4v) is 2.69. The summed E-state index contributed by atoms with van der Waals surface area (Å²) in [7, 11) is 0. The molecule has 104 valence electrons. The molecule has 2 aromatic rings. The number of carboxylic acids is 1. The van der Waals surface area contributed by atoms with Gasteiger partial charge in [0.05, 0.1) is 10.2 Å². The van der Waals surface area contributed by atoms with Gasteiger partial charge in [-0.1, -0.05) is 0 Å². The van der Waals surface area contributed by atoms with Crippen molar-refractivity contribution in [1.82, 2.24) is 0 Å². The van der Waals surface area contributed by atoms with E-state index in [1.165, 1.54) is 12.1 Å². The first kappa shape index (κ1) is 14.5. The predicted octanol–water partition coefficient (Wildman–Crippen LogP) is 3.48. The minimum Gasteiger partial charge on any atom is -0.507 e. The fraction of sp³-hybridized carbons (Fsp3) is 0.0769. The van der Waals surface area contributed by atoms with Crippen LogP contribution in [0, 0.1) is 6.92 Å². The van der Waals surface area contributed by atoms with Gasteiger partial charge in [0.15, 0.2) is 0 Å². The largest absolute Gasteiger partial charge is 0.507 e. The Morgan fingerprint density at radius 2 is 2.05 bits per heavy atom. The van der Waals surface area contributed by atoms with Crippen molar-refractivity contribution in [3.63, 3.8) is 0 Å². The molecule has 0 atom stereocenters. The van der Waals surface area contributed by atoms with Gasteiger partial charge in [0, 0.05) is 5.56 Å². The second-order valence-electron chi connectivity index (χ2n) is 4.05. The molecule has 0 bridgehead atoms. The quantitative estimate of drug-likeness (QED) is 0.786. The monoisotopic (exact) mass is 355 g/mol. The molecule has 0 aliphatic rings. The number of benzene rings is 1. The van der Waals surface area contributed by atoms with Gasteiger partial charge in [0.25, 0.3) is 5.91 Å². The molecule has 1 aromatic heterocycles. The molecule has 3 N–H and O–H groups in total. The third kappa shape index (κ3) is 2.83. The number of hydrogen-bond acceptors (Lipinski definition) is 4. The van der Waals surface area contributed by atoms with Crippen LogP contribution >= 0.6 is 27.3 Å². The summed E-state index contributed by atoms with van der Waals surface area (Å²) >= 11 is 4.18. The number of aromatic hydroxyl groups is 1. The number of nitrogens with one attached hydrogen (secondary N) is 1. The summed E-state index contributed by atoms with van der Waals surface area (Å²) in [5, 5.41) is 22.8. The molecule has 1 heterocycles. The second-order valence-corrected chi connectivity index (χ2v) is 5.78. The lowest BCUT2D eigenvalue weighted by Crippen LogP contribution is -2.14. The van der Waals surface area contributed by atoms with Crippen LogP contribution in [0.1, 0.15) is 25.6 Å². The maximum atomic E-state index is 12.1. The van der Waals surface area contributed by atoms with Gasteiger partial charge in [0.2, 0.25) is 0 Å². The van der Waals surface area contributed by atoms with Crippen LogP contribution in [0.3, 0.4) is 0 Å². The molecule has 20 heavy (non-hydrogen) atoms. The molecular weight excluding hydrogens is 346 g/mol. The highest BCUT2D eigenvalue weighted by Gasteiger charge is 2.18. The number of thiophene rings is 1. The summed E-state index contributed by atoms with van der Waals surface area (Å²) in [4.78, 5) is 23.2. The van der Waals surface area contributed by atoms with E-state index in [2.05, 4.69) is 21.2 Å². The minimum absolute atomic E-state index is 0.0573. The van der Waals surface area contributed by atoms with Gasteiger partial charge in [0.1, 0.15) is 10.6 Å². The molecule has 0 fully saturated rings. The first-order valence-corrected chi connectivity index (χ1v) is 7.18. The van der Waals surface area contributed by atoms with Crippen LogP contribution in [0.2, 0.25) is 0 Å². The van der Waals surface area contributed by atoms with Crippen molar-refractivity contribution >= 4 is 44.8 Å². The molecule has 0 unspecified atom stereocenters. The first-order valence-electron chi connectivity index (χ1n) is 5.51. The number of amides is 1. The molecule has 7 heteroatoms. The van der Waals surface area contributed by atoms with E-state index in [0.29, 0.717) is 10.0 Å². The van der Waals surface area contributed by atoms with Gasteiger partial charge in [-0.2, -0.15) is 0 Å². The number of halogens is 1. The average molecular weight is 356 g/mol. The molecular formula is C13H10BrNO4S. The van der Waals surface area contributed by atoms with Crippen LogP contribution in [-0.2, 0) is 0 Å². The zero-order chi connectivity index (χ0) is 14.9. The van der Waals surface area contributed by atoms with Gasteiger partial charge < -0.3 is 15.5 Å². The molecule has 0 spiro atoms. The molecule has 0 aliphatic carbocycles. The maximum Gasteiger partial charge on any atom is 0.348 e. The third-order valence-electron chi connectivity index (χ3n) is 2.62. The van der Waals surface area contributed by atoms with Gasteiger partial charge in [-0.05, 0) is 52.0 Å². The van der Waals surface area contributed by atoms with E-state index in [4.69, 9.17) is 5.11 Å². The Labute approximate surface area is 127 Å². The van der Waals surface area contributed by atoms with Crippen molar-refractivity contribution in [2.45, 2.75) is 6.92 Å². The molecule has 1 amide bonds. The molecule has 2 rings (SSSR count). The molecule has 0 radical (unpaired) electrons. The molecule has 5 nitrogen and oxygen atoms in total. The smallest absolute Gasteiger partial charge is 0.348 e. The third-order valence-corrected chi connectivity index (χ3v) is 4.37. The van der Waals surface area contributed by atoms with Gasteiger partial charge in [-0.15, -0.1) is 11.3 Å². The minimum atomic E-state index is -1.09. The van der Waals surface area contributed by atoms with Crippen LogP contribution < -0.4 is 5.32 Å². The summed E-state index contributed by atoms with van der Waals surface area (Å²) in [6, 6.07) is 4.38. The van der Waals surface area contributed by atoms with Crippen LogP contribution in [0.4, 0.5) is 5.69 Å². The second kappa shape index (κ2) is 5.64. The van der Waals surface area contributed by atoms with E-state index < -0.39 is 11.9 Å². The summed E-state index contributed by atoms with van der Waals surface area (Å²) in [6.45, 7) is 1.72.